The predicted octanol–water partition coefficient (Wildman–Crippen LogP) is 2.51. The van der Waals surface area contributed by atoms with Crippen molar-refractivity contribution >= 4 is 29.2 Å². The van der Waals surface area contributed by atoms with Gasteiger partial charge in [0.25, 0.3) is 5.91 Å². The zero-order valence-corrected chi connectivity index (χ0v) is 19.9. The maximum Gasteiger partial charge on any atom is 0.259 e. The Hall–Kier alpha value is -4.18. The van der Waals surface area contributed by atoms with Gasteiger partial charge in [0, 0.05) is 36.7 Å². The normalized spacial score (nSPS) is 12.3. The van der Waals surface area contributed by atoms with Crippen molar-refractivity contribution in [3.05, 3.63) is 67.0 Å². The van der Waals surface area contributed by atoms with Crippen molar-refractivity contribution in [1.29, 1.82) is 0 Å². The molecule has 35 heavy (non-hydrogen) atoms. The fourth-order valence-corrected chi connectivity index (χ4v) is 3.38. The third-order valence-electron chi connectivity index (χ3n) is 5.09. The summed E-state index contributed by atoms with van der Waals surface area (Å²) >= 11 is 0. The Labute approximate surface area is 204 Å². The number of guanidine groups is 1. The SMILES string of the molecule is C=CC(=O)NCCOCCOc1ccc2c(c1OC)N=C(NC(=O)c1cccnc1)N(CC)C2=C. The number of methoxy groups -OCH3 is 1. The van der Waals surface area contributed by atoms with Crippen molar-refractivity contribution in [3.63, 3.8) is 0 Å². The number of aromatic nitrogens is 1. The number of hydrogen-bond acceptors (Lipinski definition) is 8. The van der Waals surface area contributed by atoms with E-state index in [0.29, 0.717) is 60.7 Å². The number of rotatable bonds is 11. The van der Waals surface area contributed by atoms with Crippen LogP contribution in [0.4, 0.5) is 5.69 Å². The molecule has 0 radical (unpaired) electrons. The second-order valence-electron chi connectivity index (χ2n) is 7.27. The van der Waals surface area contributed by atoms with E-state index in [1.807, 2.05) is 17.9 Å². The first kappa shape index (κ1) is 25.4. The molecule has 2 aromatic rings. The highest BCUT2D eigenvalue weighted by Gasteiger charge is 2.28. The van der Waals surface area contributed by atoms with Crippen LogP contribution >= 0.6 is 0 Å². The molecular formula is C25H29N5O5. The van der Waals surface area contributed by atoms with E-state index in [0.717, 1.165) is 5.56 Å². The Morgan fingerprint density at radius 2 is 2.03 bits per heavy atom. The fourth-order valence-electron chi connectivity index (χ4n) is 3.38. The first-order valence-corrected chi connectivity index (χ1v) is 11.1. The lowest BCUT2D eigenvalue weighted by Gasteiger charge is -2.32. The van der Waals surface area contributed by atoms with Gasteiger partial charge >= 0.3 is 0 Å². The quantitative estimate of drug-likeness (QED) is 0.376. The van der Waals surface area contributed by atoms with E-state index in [1.54, 1.807) is 24.4 Å². The molecule has 0 saturated carbocycles. The molecule has 0 spiro atoms. The Kier molecular flexibility index (Phi) is 8.96. The lowest BCUT2D eigenvalue weighted by atomic mass is 10.1. The summed E-state index contributed by atoms with van der Waals surface area (Å²) < 4.78 is 16.9. The fraction of sp³-hybridized carbons (Fsp3) is 0.280. The third-order valence-corrected chi connectivity index (χ3v) is 5.09. The number of hydrogen-bond donors (Lipinski definition) is 2. The number of nitrogens with zero attached hydrogens (tertiary/aromatic N) is 3. The number of nitrogens with one attached hydrogen (secondary N) is 2. The lowest BCUT2D eigenvalue weighted by Crippen LogP contribution is -2.44. The zero-order valence-electron chi connectivity index (χ0n) is 19.9. The van der Waals surface area contributed by atoms with Gasteiger partial charge in [0.2, 0.25) is 11.9 Å². The summed E-state index contributed by atoms with van der Waals surface area (Å²) in [6, 6.07) is 7.01. The molecule has 0 bridgehead atoms. The molecule has 0 aliphatic carbocycles. The highest BCUT2D eigenvalue weighted by Crippen LogP contribution is 2.45. The van der Waals surface area contributed by atoms with Gasteiger partial charge in [0.15, 0.2) is 11.5 Å². The zero-order chi connectivity index (χ0) is 25.2. The van der Waals surface area contributed by atoms with Crippen molar-refractivity contribution in [2.24, 2.45) is 4.99 Å². The molecule has 10 nitrogen and oxygen atoms in total. The van der Waals surface area contributed by atoms with Crippen LogP contribution in [0.5, 0.6) is 11.5 Å². The number of fused-ring (bicyclic) bond motifs is 1. The van der Waals surface area contributed by atoms with Crippen LogP contribution in [0.15, 0.2) is 60.9 Å². The molecule has 0 unspecified atom stereocenters. The van der Waals surface area contributed by atoms with Crippen molar-refractivity contribution in [2.45, 2.75) is 6.92 Å². The summed E-state index contributed by atoms with van der Waals surface area (Å²) in [7, 11) is 1.53. The van der Waals surface area contributed by atoms with Crippen molar-refractivity contribution in [3.8, 4) is 11.5 Å². The molecule has 0 atom stereocenters. The number of benzene rings is 1. The summed E-state index contributed by atoms with van der Waals surface area (Å²) in [4.78, 5) is 34.3. The van der Waals surface area contributed by atoms with E-state index in [2.05, 4.69) is 33.8 Å². The topological polar surface area (TPSA) is 114 Å². The smallest absolute Gasteiger partial charge is 0.259 e. The van der Waals surface area contributed by atoms with E-state index >= 15 is 0 Å². The van der Waals surface area contributed by atoms with E-state index in [-0.39, 0.29) is 18.4 Å². The lowest BCUT2D eigenvalue weighted by molar-refractivity contribution is -0.116. The number of aliphatic imine (C=N–C) groups is 1. The summed E-state index contributed by atoms with van der Waals surface area (Å²) in [5, 5.41) is 5.48. The Balaban J connectivity index is 1.73. The van der Waals surface area contributed by atoms with Crippen molar-refractivity contribution < 1.29 is 23.8 Å². The molecule has 0 fully saturated rings. The minimum Gasteiger partial charge on any atom is -0.491 e. The Morgan fingerprint density at radius 1 is 1.20 bits per heavy atom. The van der Waals surface area contributed by atoms with Crippen molar-refractivity contribution in [2.75, 3.05) is 40.0 Å². The second-order valence-corrected chi connectivity index (χ2v) is 7.27. The molecule has 2 heterocycles. The number of pyridine rings is 1. The number of amides is 2. The highest BCUT2D eigenvalue weighted by atomic mass is 16.5. The molecule has 0 saturated heterocycles. The van der Waals surface area contributed by atoms with Crippen molar-refractivity contribution in [1.82, 2.24) is 20.5 Å². The molecule has 1 aromatic heterocycles. The van der Waals surface area contributed by atoms with E-state index in [1.165, 1.54) is 19.4 Å². The molecule has 10 heteroatoms. The molecule has 2 amide bonds. The van der Waals surface area contributed by atoms with Crippen LogP contribution in [0.2, 0.25) is 0 Å². The molecular weight excluding hydrogens is 450 g/mol. The van der Waals surface area contributed by atoms with Crippen LogP contribution in [0.3, 0.4) is 0 Å². The first-order valence-electron chi connectivity index (χ1n) is 11.1. The summed E-state index contributed by atoms with van der Waals surface area (Å²) in [6.45, 7) is 11.4. The van der Waals surface area contributed by atoms with Gasteiger partial charge in [-0.05, 0) is 37.3 Å². The van der Waals surface area contributed by atoms with Crippen LogP contribution in [0, 0.1) is 0 Å². The molecule has 2 N–H and O–H groups in total. The predicted molar refractivity (Wildman–Crippen MR) is 133 cm³/mol. The number of carbonyl (C=O) groups is 2. The minimum atomic E-state index is -0.334. The average Bonchev–Trinajstić information content (AvgIpc) is 2.88. The highest BCUT2D eigenvalue weighted by molar-refractivity contribution is 6.10. The standard InChI is InChI=1S/C25H29N5O5/c1-5-21(31)27-12-13-34-14-15-35-20-10-9-19-17(3)30(6-2)25(28-22(19)23(20)33-4)29-24(32)18-8-7-11-26-16-18/h5,7-11,16H,1,3,6,12-15H2,2,4H3,(H,27,31)(H,28,29,32). The van der Waals surface area contributed by atoms with E-state index in [4.69, 9.17) is 14.2 Å². The maximum absolute atomic E-state index is 12.7. The number of carbonyl (C=O) groups excluding carboxylic acids is 2. The summed E-state index contributed by atoms with van der Waals surface area (Å²) in [5.41, 5.74) is 2.36. The summed E-state index contributed by atoms with van der Waals surface area (Å²) in [5.74, 6) is 0.655. The van der Waals surface area contributed by atoms with Gasteiger partial charge in [-0.2, -0.15) is 0 Å². The van der Waals surface area contributed by atoms with Crippen LogP contribution in [0.1, 0.15) is 22.8 Å². The number of ether oxygens (including phenoxy) is 3. The minimum absolute atomic E-state index is 0.247. The second kappa shape index (κ2) is 12.3. The monoisotopic (exact) mass is 479 g/mol. The van der Waals surface area contributed by atoms with Gasteiger partial charge < -0.3 is 24.4 Å². The third kappa shape index (κ3) is 6.24. The van der Waals surface area contributed by atoms with Gasteiger partial charge in [-0.1, -0.05) is 13.2 Å². The van der Waals surface area contributed by atoms with Crippen LogP contribution in [-0.4, -0.2) is 67.7 Å². The summed E-state index contributed by atoms with van der Waals surface area (Å²) in [6.07, 6.45) is 4.29. The van der Waals surface area contributed by atoms with Gasteiger partial charge in [-0.15, -0.1) is 0 Å². The van der Waals surface area contributed by atoms with Crippen LogP contribution in [-0.2, 0) is 9.53 Å². The Bertz CT molecular complexity index is 1120. The molecule has 184 valence electrons. The molecule has 1 aliphatic heterocycles. The average molecular weight is 480 g/mol. The van der Waals surface area contributed by atoms with Gasteiger partial charge in [-0.3, -0.25) is 19.9 Å². The van der Waals surface area contributed by atoms with E-state index < -0.39 is 0 Å². The largest absolute Gasteiger partial charge is 0.491 e. The molecule has 1 aromatic carbocycles. The van der Waals surface area contributed by atoms with Crippen LogP contribution in [0.25, 0.3) is 5.70 Å². The van der Waals surface area contributed by atoms with Gasteiger partial charge in [0.05, 0.1) is 25.9 Å². The van der Waals surface area contributed by atoms with E-state index in [9.17, 15) is 9.59 Å². The Morgan fingerprint density at radius 3 is 2.71 bits per heavy atom. The van der Waals surface area contributed by atoms with Gasteiger partial charge in [-0.25, -0.2) is 4.99 Å². The maximum atomic E-state index is 12.7. The van der Waals surface area contributed by atoms with Gasteiger partial charge in [0.1, 0.15) is 12.3 Å². The van der Waals surface area contributed by atoms with Crippen LogP contribution < -0.4 is 20.1 Å². The molecule has 3 rings (SSSR count). The first-order chi connectivity index (χ1) is 17.0. The molecule has 1 aliphatic rings.